The van der Waals surface area contributed by atoms with Gasteiger partial charge in [0.2, 0.25) is 5.91 Å². The van der Waals surface area contributed by atoms with Crippen molar-refractivity contribution in [3.63, 3.8) is 0 Å². The number of aliphatic hydroxyl groups excluding tert-OH is 2. The molecule has 0 rings (SSSR count). The van der Waals surface area contributed by atoms with Gasteiger partial charge in [0.1, 0.15) is 0 Å². The van der Waals surface area contributed by atoms with Crippen LogP contribution in [0.4, 0.5) is 0 Å². The van der Waals surface area contributed by atoms with Crippen LogP contribution in [0.15, 0.2) is 48.6 Å². The zero-order chi connectivity index (χ0) is 33.6. The van der Waals surface area contributed by atoms with Crippen molar-refractivity contribution in [3.8, 4) is 0 Å². The van der Waals surface area contributed by atoms with E-state index in [2.05, 4.69) is 48.7 Å². The second kappa shape index (κ2) is 37.8. The number of aliphatic hydroxyl groups is 2. The molecule has 3 N–H and O–H groups in total. The zero-order valence-corrected chi connectivity index (χ0v) is 30.6. The lowest BCUT2D eigenvalue weighted by atomic mass is 10.0. The Balaban J connectivity index is 3.52. The third kappa shape index (κ3) is 33.7. The largest absolute Gasteiger partial charge is 0.394 e. The summed E-state index contributed by atoms with van der Waals surface area (Å²) in [6, 6.07) is -0.644. The highest BCUT2D eigenvalue weighted by Crippen LogP contribution is 2.14. The van der Waals surface area contributed by atoms with E-state index >= 15 is 0 Å². The maximum absolute atomic E-state index is 12.3. The maximum atomic E-state index is 12.3. The van der Waals surface area contributed by atoms with Gasteiger partial charge in [-0.25, -0.2) is 0 Å². The summed E-state index contributed by atoms with van der Waals surface area (Å²) in [5.41, 5.74) is 0. The Morgan fingerprint density at radius 1 is 0.543 bits per heavy atom. The summed E-state index contributed by atoms with van der Waals surface area (Å²) >= 11 is 0. The minimum Gasteiger partial charge on any atom is -0.394 e. The van der Waals surface area contributed by atoms with Crippen molar-refractivity contribution >= 4 is 5.91 Å². The van der Waals surface area contributed by atoms with Crippen LogP contribution in [0.2, 0.25) is 0 Å². The summed E-state index contributed by atoms with van der Waals surface area (Å²) in [7, 11) is 0. The lowest BCUT2D eigenvalue weighted by Crippen LogP contribution is -2.45. The average molecular weight is 644 g/mol. The molecule has 0 aromatic heterocycles. The van der Waals surface area contributed by atoms with Crippen molar-refractivity contribution in [3.05, 3.63) is 48.6 Å². The summed E-state index contributed by atoms with van der Waals surface area (Å²) < 4.78 is 0. The van der Waals surface area contributed by atoms with Gasteiger partial charge in [-0.15, -0.1) is 0 Å². The van der Waals surface area contributed by atoms with Crippen molar-refractivity contribution in [2.45, 2.75) is 206 Å². The lowest BCUT2D eigenvalue weighted by Gasteiger charge is -2.19. The van der Waals surface area contributed by atoms with Crippen molar-refractivity contribution in [2.24, 2.45) is 0 Å². The molecule has 268 valence electrons. The van der Waals surface area contributed by atoms with Crippen molar-refractivity contribution in [1.29, 1.82) is 0 Å². The van der Waals surface area contributed by atoms with Crippen LogP contribution < -0.4 is 5.32 Å². The minimum atomic E-state index is -0.868. The molecular weight excluding hydrogens is 566 g/mol. The van der Waals surface area contributed by atoms with E-state index in [1.54, 1.807) is 6.08 Å². The number of hydrogen-bond donors (Lipinski definition) is 3. The monoisotopic (exact) mass is 644 g/mol. The van der Waals surface area contributed by atoms with Crippen LogP contribution in [0.25, 0.3) is 0 Å². The normalized spacial score (nSPS) is 13.6. The van der Waals surface area contributed by atoms with Gasteiger partial charge < -0.3 is 15.5 Å². The van der Waals surface area contributed by atoms with E-state index < -0.39 is 12.1 Å². The van der Waals surface area contributed by atoms with E-state index in [9.17, 15) is 15.0 Å². The van der Waals surface area contributed by atoms with Crippen LogP contribution in [-0.2, 0) is 4.79 Å². The second-order valence-electron chi connectivity index (χ2n) is 13.3. The first-order valence-electron chi connectivity index (χ1n) is 19.8. The number of hydrogen-bond acceptors (Lipinski definition) is 3. The third-order valence-corrected chi connectivity index (χ3v) is 8.86. The summed E-state index contributed by atoms with van der Waals surface area (Å²) in [6.45, 7) is 4.06. The molecule has 0 aliphatic heterocycles. The molecule has 4 nitrogen and oxygen atoms in total. The Morgan fingerprint density at radius 2 is 0.935 bits per heavy atom. The van der Waals surface area contributed by atoms with Crippen LogP contribution in [0.1, 0.15) is 194 Å². The Kier molecular flexibility index (Phi) is 36.4. The topological polar surface area (TPSA) is 69.6 Å². The van der Waals surface area contributed by atoms with Crippen LogP contribution in [0.3, 0.4) is 0 Å². The molecule has 0 heterocycles. The van der Waals surface area contributed by atoms with Crippen LogP contribution in [0, 0.1) is 0 Å². The minimum absolute atomic E-state index is 0.0845. The van der Waals surface area contributed by atoms with Gasteiger partial charge in [0.05, 0.1) is 18.8 Å². The molecule has 0 saturated heterocycles. The zero-order valence-electron chi connectivity index (χ0n) is 30.6. The van der Waals surface area contributed by atoms with Gasteiger partial charge in [-0.2, -0.15) is 0 Å². The Bertz CT molecular complexity index is 741. The highest BCUT2D eigenvalue weighted by atomic mass is 16.3. The van der Waals surface area contributed by atoms with E-state index in [1.165, 1.54) is 135 Å². The first-order valence-corrected chi connectivity index (χ1v) is 19.8. The van der Waals surface area contributed by atoms with E-state index in [-0.39, 0.29) is 12.5 Å². The van der Waals surface area contributed by atoms with E-state index in [0.717, 1.165) is 38.5 Å². The fraction of sp³-hybridized carbons (Fsp3) is 0.786. The quantitative estimate of drug-likeness (QED) is 0.0475. The van der Waals surface area contributed by atoms with Crippen molar-refractivity contribution in [1.82, 2.24) is 5.32 Å². The second-order valence-corrected chi connectivity index (χ2v) is 13.3. The predicted molar refractivity (Wildman–Crippen MR) is 202 cm³/mol. The van der Waals surface area contributed by atoms with Gasteiger partial charge in [-0.3, -0.25) is 4.79 Å². The molecule has 0 saturated carbocycles. The molecule has 0 aromatic rings. The predicted octanol–water partition coefficient (Wildman–Crippen LogP) is 12.0. The van der Waals surface area contributed by atoms with Gasteiger partial charge in [-0.05, 0) is 64.7 Å². The fourth-order valence-corrected chi connectivity index (χ4v) is 5.80. The van der Waals surface area contributed by atoms with Crippen LogP contribution in [0.5, 0.6) is 0 Å². The standard InChI is InChI=1S/C42H77NO3/c1-3-5-7-9-11-13-14-15-16-17-18-19-20-21-22-23-24-25-26-27-28-30-32-34-36-38-42(46)43-40(39-44)41(45)37-35-33-31-29-12-10-8-6-4-2/h4,6,12,21-22,29,35,37,40-41,44-45H,3,5,7-11,13-20,23-28,30-34,36,38-39H2,1-2H3,(H,43,46)/b6-4+,22-21-,29-12+,37-35+. The molecule has 0 radical (unpaired) electrons. The summed E-state index contributed by atoms with van der Waals surface area (Å²) in [4.78, 5) is 12.3. The van der Waals surface area contributed by atoms with E-state index in [4.69, 9.17) is 0 Å². The van der Waals surface area contributed by atoms with Gasteiger partial charge in [0.15, 0.2) is 0 Å². The number of amides is 1. The number of nitrogens with one attached hydrogen (secondary N) is 1. The molecular formula is C42H77NO3. The first kappa shape index (κ1) is 44.4. The number of carbonyl (C=O) groups excluding carboxylic acids is 1. The Hall–Kier alpha value is -1.65. The molecule has 2 atom stereocenters. The lowest BCUT2D eigenvalue weighted by molar-refractivity contribution is -0.123. The van der Waals surface area contributed by atoms with Gasteiger partial charge in [0.25, 0.3) is 0 Å². The molecule has 0 aliphatic rings. The summed E-state index contributed by atoms with van der Waals surface area (Å²) in [5, 5.41) is 22.8. The third-order valence-electron chi connectivity index (χ3n) is 8.86. The smallest absolute Gasteiger partial charge is 0.220 e. The first-order chi connectivity index (χ1) is 22.7. The fourth-order valence-electron chi connectivity index (χ4n) is 5.80. The number of unbranched alkanes of at least 4 members (excludes halogenated alkanes) is 23. The van der Waals surface area contributed by atoms with E-state index in [0.29, 0.717) is 6.42 Å². The average Bonchev–Trinajstić information content (AvgIpc) is 3.06. The molecule has 0 aromatic carbocycles. The van der Waals surface area contributed by atoms with Crippen molar-refractivity contribution in [2.75, 3.05) is 6.61 Å². The SMILES string of the molecule is C/C=C/CC/C=C/CC/C=C/C(O)C(CO)NC(=O)CCCCCCCCCCC/C=C\CCCCCCCCCCCCCC. The molecule has 1 amide bonds. The molecule has 46 heavy (non-hydrogen) atoms. The Labute approximate surface area is 286 Å². The highest BCUT2D eigenvalue weighted by molar-refractivity contribution is 5.76. The summed E-state index contributed by atoms with van der Waals surface area (Å²) in [6.07, 6.45) is 51.0. The number of allylic oxidation sites excluding steroid dienone is 7. The molecule has 0 fully saturated rings. The molecule has 0 aliphatic carbocycles. The van der Waals surface area contributed by atoms with Gasteiger partial charge in [-0.1, -0.05) is 171 Å². The van der Waals surface area contributed by atoms with Gasteiger partial charge >= 0.3 is 0 Å². The van der Waals surface area contributed by atoms with Crippen molar-refractivity contribution < 1.29 is 15.0 Å². The molecule has 4 heteroatoms. The molecule has 0 spiro atoms. The van der Waals surface area contributed by atoms with Gasteiger partial charge in [0, 0.05) is 6.42 Å². The maximum Gasteiger partial charge on any atom is 0.220 e. The number of rotatable bonds is 35. The van der Waals surface area contributed by atoms with Crippen LogP contribution in [-0.4, -0.2) is 34.9 Å². The highest BCUT2D eigenvalue weighted by Gasteiger charge is 2.17. The summed E-state index contributed by atoms with van der Waals surface area (Å²) in [5.74, 6) is -0.0845. The molecule has 0 bridgehead atoms. The Morgan fingerprint density at radius 3 is 1.39 bits per heavy atom. The molecule has 2 unspecified atom stereocenters. The van der Waals surface area contributed by atoms with Crippen LogP contribution >= 0.6 is 0 Å². The number of carbonyl (C=O) groups is 1. The van der Waals surface area contributed by atoms with E-state index in [1.807, 2.05) is 13.0 Å².